The van der Waals surface area contributed by atoms with E-state index in [4.69, 9.17) is 5.73 Å². The molecule has 31 heavy (non-hydrogen) atoms. The first-order valence-electron chi connectivity index (χ1n) is 12.3. The number of Topliss-reactive ketones (excluding diaryl/α,β-unsaturated/α-hetero) is 2. The second-order valence-electron chi connectivity index (χ2n) is 8.84. The molecular formula is C27H42N2O2. The minimum atomic E-state index is -0.547. The summed E-state index contributed by atoms with van der Waals surface area (Å²) in [5.41, 5.74) is 9.99. The molecule has 2 unspecified atom stereocenters. The molecule has 2 aliphatic carbocycles. The molecule has 1 fully saturated rings. The molecule has 1 aromatic carbocycles. The molecule has 1 saturated carbocycles. The van der Waals surface area contributed by atoms with Gasteiger partial charge in [0.25, 0.3) is 0 Å². The van der Waals surface area contributed by atoms with Gasteiger partial charge in [0.2, 0.25) is 0 Å². The molecule has 3 rings (SSSR count). The number of nitrogens with two attached hydrogens (primary N) is 1. The lowest BCUT2D eigenvalue weighted by Crippen LogP contribution is -2.45. The summed E-state index contributed by atoms with van der Waals surface area (Å²) < 4.78 is 0. The quantitative estimate of drug-likeness (QED) is 0.535. The normalized spacial score (nSPS) is 21.8. The van der Waals surface area contributed by atoms with Crippen LogP contribution in [0.2, 0.25) is 0 Å². The zero-order valence-electron chi connectivity index (χ0n) is 20.2. The second kappa shape index (κ2) is 12.1. The van der Waals surface area contributed by atoms with E-state index < -0.39 is 5.92 Å². The Hall–Kier alpha value is -2.10. The number of carbonyl (C=O) groups excluding carboxylic acids is 2. The van der Waals surface area contributed by atoms with Crippen molar-refractivity contribution in [3.8, 4) is 0 Å². The van der Waals surface area contributed by atoms with Gasteiger partial charge in [-0.25, -0.2) is 0 Å². The average molecular weight is 427 g/mol. The molecule has 2 aliphatic rings. The van der Waals surface area contributed by atoms with Crippen molar-refractivity contribution in [1.29, 1.82) is 0 Å². The van der Waals surface area contributed by atoms with Crippen LogP contribution in [0.5, 0.6) is 0 Å². The summed E-state index contributed by atoms with van der Waals surface area (Å²) in [5.74, 6) is -0.207. The van der Waals surface area contributed by atoms with E-state index in [1.54, 1.807) is 0 Å². The maximum Gasteiger partial charge on any atom is 0.191 e. The summed E-state index contributed by atoms with van der Waals surface area (Å²) in [5, 5.41) is 0. The predicted octanol–water partition coefficient (Wildman–Crippen LogP) is 5.78. The highest BCUT2D eigenvalue weighted by molar-refractivity contribution is 6.14. The minimum absolute atomic E-state index is 0.00679. The van der Waals surface area contributed by atoms with Crippen LogP contribution in [0, 0.1) is 24.7 Å². The summed E-state index contributed by atoms with van der Waals surface area (Å²) in [6, 6.07) is 8.47. The van der Waals surface area contributed by atoms with Gasteiger partial charge in [0.05, 0.1) is 11.8 Å². The van der Waals surface area contributed by atoms with Crippen LogP contribution in [-0.2, 0) is 16.1 Å². The zero-order chi connectivity index (χ0) is 23.0. The number of ketones is 2. The zero-order valence-corrected chi connectivity index (χ0v) is 20.2. The van der Waals surface area contributed by atoms with Crippen molar-refractivity contribution < 1.29 is 9.59 Å². The van der Waals surface area contributed by atoms with Gasteiger partial charge in [-0.3, -0.25) is 9.59 Å². The molecule has 0 saturated heterocycles. The number of hydrogen-bond acceptors (Lipinski definition) is 4. The van der Waals surface area contributed by atoms with E-state index in [1.165, 1.54) is 36.8 Å². The first-order chi connectivity index (χ1) is 15.0. The Morgan fingerprint density at radius 2 is 1.55 bits per heavy atom. The third kappa shape index (κ3) is 5.99. The molecule has 0 bridgehead atoms. The number of carbonyl (C=O) groups is 2. The Morgan fingerprint density at radius 1 is 0.968 bits per heavy atom. The minimum Gasteiger partial charge on any atom is -0.400 e. The first-order valence-corrected chi connectivity index (χ1v) is 12.3. The third-order valence-electron chi connectivity index (χ3n) is 6.79. The van der Waals surface area contributed by atoms with E-state index in [9.17, 15) is 9.59 Å². The molecule has 0 radical (unpaired) electrons. The number of aryl methyl sites for hydroxylation is 1. The van der Waals surface area contributed by atoms with Crippen LogP contribution < -0.4 is 5.73 Å². The highest BCUT2D eigenvalue weighted by Gasteiger charge is 2.42. The third-order valence-corrected chi connectivity index (χ3v) is 6.79. The van der Waals surface area contributed by atoms with Gasteiger partial charge in [-0.15, -0.1) is 0 Å². The van der Waals surface area contributed by atoms with E-state index in [2.05, 4.69) is 36.1 Å². The maximum atomic E-state index is 13.3. The fraction of sp³-hybridized carbons (Fsp3) is 0.630. The van der Waals surface area contributed by atoms with Gasteiger partial charge < -0.3 is 10.6 Å². The van der Waals surface area contributed by atoms with Gasteiger partial charge in [0, 0.05) is 18.8 Å². The Bertz CT molecular complexity index is 760. The Kier molecular flexibility index (Phi) is 9.80. The highest BCUT2D eigenvalue weighted by atomic mass is 16.2. The summed E-state index contributed by atoms with van der Waals surface area (Å²) in [6.07, 6.45) is 7.48. The number of hydrogen-bond donors (Lipinski definition) is 1. The Balaban J connectivity index is 0.00000166. The van der Waals surface area contributed by atoms with Crippen LogP contribution in [-0.4, -0.2) is 23.0 Å². The molecule has 2 N–H and O–H groups in total. The lowest BCUT2D eigenvalue weighted by atomic mass is 9.77. The molecule has 2 atom stereocenters. The second-order valence-corrected chi connectivity index (χ2v) is 8.84. The summed E-state index contributed by atoms with van der Waals surface area (Å²) in [6.45, 7) is 11.5. The van der Waals surface area contributed by atoms with Crippen molar-refractivity contribution in [1.82, 2.24) is 4.90 Å². The van der Waals surface area contributed by atoms with Crippen molar-refractivity contribution in [2.75, 3.05) is 6.54 Å². The molecule has 4 heteroatoms. The van der Waals surface area contributed by atoms with Crippen LogP contribution >= 0.6 is 0 Å². The van der Waals surface area contributed by atoms with Crippen LogP contribution in [0.4, 0.5) is 0 Å². The molecule has 0 aliphatic heterocycles. The monoisotopic (exact) mass is 426 g/mol. The van der Waals surface area contributed by atoms with Crippen molar-refractivity contribution in [3.63, 3.8) is 0 Å². The predicted molar refractivity (Wildman–Crippen MR) is 128 cm³/mol. The van der Waals surface area contributed by atoms with E-state index in [1.807, 2.05) is 27.7 Å². The molecule has 0 heterocycles. The van der Waals surface area contributed by atoms with E-state index in [-0.39, 0.29) is 17.5 Å². The molecule has 172 valence electrons. The van der Waals surface area contributed by atoms with Crippen LogP contribution in [0.3, 0.4) is 0 Å². The standard InChI is InChI=1S/C25H36N2O2.C2H6/c1-4-20-22(26)23(25(29)21(5-2)24(20)28)27(15-14-18-8-6-7-9-18)16-19-12-10-17(3)11-13-19;1-2/h10-13,18,20-21H,4-9,14-16,26H2,1-3H3;1-2H3. The summed E-state index contributed by atoms with van der Waals surface area (Å²) >= 11 is 0. The van der Waals surface area contributed by atoms with Gasteiger partial charge in [-0.2, -0.15) is 0 Å². The van der Waals surface area contributed by atoms with Gasteiger partial charge in [0.1, 0.15) is 5.70 Å². The highest BCUT2D eigenvalue weighted by Crippen LogP contribution is 2.34. The van der Waals surface area contributed by atoms with Crippen molar-refractivity contribution in [3.05, 3.63) is 46.8 Å². The number of benzene rings is 1. The molecular weight excluding hydrogens is 384 g/mol. The average Bonchev–Trinajstić information content (AvgIpc) is 3.29. The number of allylic oxidation sites excluding steroid dienone is 2. The smallest absolute Gasteiger partial charge is 0.191 e. The van der Waals surface area contributed by atoms with Crippen molar-refractivity contribution >= 4 is 11.6 Å². The summed E-state index contributed by atoms with van der Waals surface area (Å²) in [4.78, 5) is 28.3. The van der Waals surface area contributed by atoms with Crippen LogP contribution in [0.1, 0.15) is 83.8 Å². The Morgan fingerprint density at radius 3 is 2.10 bits per heavy atom. The van der Waals surface area contributed by atoms with E-state index in [0.717, 1.165) is 18.9 Å². The summed E-state index contributed by atoms with van der Waals surface area (Å²) in [7, 11) is 0. The fourth-order valence-electron chi connectivity index (χ4n) is 4.96. The van der Waals surface area contributed by atoms with Crippen LogP contribution in [0.25, 0.3) is 0 Å². The maximum absolute atomic E-state index is 13.3. The van der Waals surface area contributed by atoms with Gasteiger partial charge in [-0.1, -0.05) is 83.2 Å². The van der Waals surface area contributed by atoms with Crippen LogP contribution in [0.15, 0.2) is 35.7 Å². The van der Waals surface area contributed by atoms with Gasteiger partial charge in [-0.05, 0) is 37.7 Å². The Labute approximate surface area is 189 Å². The van der Waals surface area contributed by atoms with Crippen molar-refractivity contribution in [2.24, 2.45) is 23.5 Å². The van der Waals surface area contributed by atoms with E-state index in [0.29, 0.717) is 30.8 Å². The number of rotatable bonds is 8. The molecule has 4 nitrogen and oxygen atoms in total. The molecule has 0 aromatic heterocycles. The fourth-order valence-corrected chi connectivity index (χ4v) is 4.96. The van der Waals surface area contributed by atoms with Gasteiger partial charge >= 0.3 is 0 Å². The topological polar surface area (TPSA) is 63.4 Å². The lowest BCUT2D eigenvalue weighted by molar-refractivity contribution is -0.135. The number of nitrogens with zero attached hydrogens (tertiary/aromatic N) is 1. The van der Waals surface area contributed by atoms with Crippen molar-refractivity contribution in [2.45, 2.75) is 86.1 Å². The first kappa shape index (κ1) is 25.2. The molecule has 0 amide bonds. The SMILES string of the molecule is CC.CCC1C(=O)C(N(CCC2CCCC2)Cc2ccc(C)cc2)=C(N)C(CC)C1=O. The molecule has 1 aromatic rings. The molecule has 0 spiro atoms. The van der Waals surface area contributed by atoms with Gasteiger partial charge in [0.15, 0.2) is 11.6 Å². The van der Waals surface area contributed by atoms with E-state index >= 15 is 0 Å². The lowest BCUT2D eigenvalue weighted by Gasteiger charge is -2.36. The largest absolute Gasteiger partial charge is 0.400 e.